The maximum absolute atomic E-state index is 2.34. The first-order valence-electron chi connectivity index (χ1n) is 6.00. The van der Waals surface area contributed by atoms with Gasteiger partial charge in [0.15, 0.2) is 0 Å². The molecule has 0 aromatic heterocycles. The largest absolute Gasteiger partial charge is 0.0623 e. The summed E-state index contributed by atoms with van der Waals surface area (Å²) >= 11 is 1.21. The summed E-state index contributed by atoms with van der Waals surface area (Å²) < 4.78 is 1.67. The zero-order valence-electron chi connectivity index (χ0n) is 11.5. The Hall–Kier alpha value is -0.430. The fourth-order valence-corrected chi connectivity index (χ4v) is 3.33. The molecule has 1 aliphatic carbocycles. The average Bonchev–Trinajstić information content (AvgIpc) is 2.48. The number of hydrogen-bond donors (Lipinski definition) is 0. The molecular weight excluding hydrogens is 371 g/mol. The molecule has 1 aromatic carbocycles. The van der Waals surface area contributed by atoms with Gasteiger partial charge in [-0.05, 0) is 0 Å². The Kier molecular flexibility index (Phi) is 5.12. The minimum atomic E-state index is 0.375. The predicted molar refractivity (Wildman–Crippen MR) is 71.3 cm³/mol. The summed E-state index contributed by atoms with van der Waals surface area (Å²) in [6.45, 7) is 11.5. The van der Waals surface area contributed by atoms with E-state index in [9.17, 15) is 0 Å². The molecule has 89 valence electrons. The van der Waals surface area contributed by atoms with Crippen molar-refractivity contribution in [1.82, 2.24) is 0 Å². The second-order valence-electron chi connectivity index (χ2n) is 5.03. The van der Waals surface area contributed by atoms with Gasteiger partial charge in [0.1, 0.15) is 0 Å². The molecule has 1 aliphatic rings. The molecule has 0 nitrogen and oxygen atoms in total. The minimum absolute atomic E-state index is 0.375. The van der Waals surface area contributed by atoms with E-state index in [2.05, 4.69) is 34.6 Å². The topological polar surface area (TPSA) is 0 Å². The second-order valence-corrected chi connectivity index (χ2v) is 6.83. The van der Waals surface area contributed by atoms with E-state index in [1.165, 1.54) is 29.9 Å². The Morgan fingerprint density at radius 3 is 1.24 bits per heavy atom. The van der Waals surface area contributed by atoms with Crippen molar-refractivity contribution in [2.24, 2.45) is 5.41 Å². The SMILES string of the molecule is CC1=C(C)C(C)(C)[C]([Hf])=C1C.c1ccccc1. The fraction of sp³-hybridized carbons (Fsp3) is 0.375. The molecule has 0 heterocycles. The number of benzene rings is 1. The zero-order chi connectivity index (χ0) is 13.1. The number of hydrogen-bond acceptors (Lipinski definition) is 0. The molecule has 17 heavy (non-hydrogen) atoms. The van der Waals surface area contributed by atoms with Crippen LogP contribution in [0.15, 0.2) is 56.4 Å². The molecule has 0 unspecified atom stereocenters. The van der Waals surface area contributed by atoms with Gasteiger partial charge in [-0.2, -0.15) is 0 Å². The molecule has 0 aliphatic heterocycles. The van der Waals surface area contributed by atoms with Crippen molar-refractivity contribution in [2.75, 3.05) is 0 Å². The molecule has 0 saturated carbocycles. The molecule has 0 fully saturated rings. The summed E-state index contributed by atoms with van der Waals surface area (Å²) in [4.78, 5) is 0. The first kappa shape index (κ1) is 14.6. The normalized spacial score (nSPS) is 17.9. The molecule has 0 spiro atoms. The van der Waals surface area contributed by atoms with Gasteiger partial charge in [0.25, 0.3) is 0 Å². The first-order valence-corrected chi connectivity index (χ1v) is 7.80. The number of rotatable bonds is 0. The predicted octanol–water partition coefficient (Wildman–Crippen LogP) is 4.87. The Labute approximate surface area is 120 Å². The summed E-state index contributed by atoms with van der Waals surface area (Å²) in [5, 5.41) is 0. The molecule has 0 atom stereocenters. The van der Waals surface area contributed by atoms with Crippen molar-refractivity contribution in [3.05, 3.63) is 56.4 Å². The first-order chi connectivity index (χ1) is 7.89. The summed E-state index contributed by atoms with van der Waals surface area (Å²) in [7, 11) is 0. The van der Waals surface area contributed by atoms with Crippen molar-refractivity contribution < 1.29 is 24.4 Å². The van der Waals surface area contributed by atoms with Crippen LogP contribution in [-0.2, 0) is 24.4 Å². The third kappa shape index (κ3) is 3.28. The van der Waals surface area contributed by atoms with Gasteiger partial charge in [-0.25, -0.2) is 0 Å². The van der Waals surface area contributed by atoms with E-state index in [4.69, 9.17) is 0 Å². The molecule has 2 rings (SSSR count). The third-order valence-electron chi connectivity index (χ3n) is 3.73. The van der Waals surface area contributed by atoms with Gasteiger partial charge < -0.3 is 0 Å². The fourth-order valence-electron chi connectivity index (χ4n) is 1.98. The Bertz CT molecular complexity index is 383. The van der Waals surface area contributed by atoms with E-state index in [0.717, 1.165) is 0 Å². The Morgan fingerprint density at radius 2 is 1.12 bits per heavy atom. The van der Waals surface area contributed by atoms with Crippen LogP contribution in [0.1, 0.15) is 34.6 Å². The quantitative estimate of drug-likeness (QED) is 0.553. The maximum atomic E-state index is 2.34. The van der Waals surface area contributed by atoms with Crippen molar-refractivity contribution in [2.45, 2.75) is 34.6 Å². The van der Waals surface area contributed by atoms with Gasteiger partial charge in [0.2, 0.25) is 0 Å². The van der Waals surface area contributed by atoms with Gasteiger partial charge in [0.05, 0.1) is 0 Å². The van der Waals surface area contributed by atoms with Crippen LogP contribution in [0, 0.1) is 5.41 Å². The number of allylic oxidation sites excluding steroid dienone is 4. The van der Waals surface area contributed by atoms with Crippen LogP contribution in [-0.4, -0.2) is 0 Å². The standard InChI is InChI=1S/C10H15.C6H6.Hf/c1-7-6-10(4,5)9(3)8(7)2;1-2-4-6-5-3-1;/h1-5H3;1-6H;. The van der Waals surface area contributed by atoms with E-state index < -0.39 is 0 Å². The smallest absolute Gasteiger partial charge is 0.0623 e. The molecule has 0 bridgehead atoms. The molecule has 0 N–H and O–H groups in total. The van der Waals surface area contributed by atoms with Gasteiger partial charge in [0, 0.05) is 0 Å². The molecule has 0 amide bonds. The van der Waals surface area contributed by atoms with E-state index in [1.54, 1.807) is 14.5 Å². The van der Waals surface area contributed by atoms with Crippen LogP contribution in [0.2, 0.25) is 0 Å². The maximum Gasteiger partial charge on any atom is -0.0623 e. The second kappa shape index (κ2) is 5.95. The summed E-state index contributed by atoms with van der Waals surface area (Å²) in [5.74, 6) is 0. The van der Waals surface area contributed by atoms with Crippen LogP contribution in [0.5, 0.6) is 0 Å². The summed E-state index contributed by atoms with van der Waals surface area (Å²) in [5.41, 5.74) is 5.03. The van der Waals surface area contributed by atoms with E-state index in [0.29, 0.717) is 5.41 Å². The molecular formula is C16H21Hf. The van der Waals surface area contributed by atoms with Crippen LogP contribution in [0.4, 0.5) is 0 Å². The van der Waals surface area contributed by atoms with Crippen LogP contribution in [0.3, 0.4) is 0 Å². The average molecular weight is 392 g/mol. The van der Waals surface area contributed by atoms with Crippen molar-refractivity contribution in [1.29, 1.82) is 0 Å². The van der Waals surface area contributed by atoms with Crippen molar-refractivity contribution >= 4 is 0 Å². The van der Waals surface area contributed by atoms with Crippen LogP contribution in [0.25, 0.3) is 0 Å². The molecule has 0 saturated heterocycles. The minimum Gasteiger partial charge on any atom is -0.0623 e. The molecule has 0 radical (unpaired) electrons. The summed E-state index contributed by atoms with van der Waals surface area (Å²) in [6.07, 6.45) is 0. The van der Waals surface area contributed by atoms with Crippen molar-refractivity contribution in [3.8, 4) is 0 Å². The van der Waals surface area contributed by atoms with E-state index in [1.807, 2.05) is 36.4 Å². The zero-order valence-corrected chi connectivity index (χ0v) is 15.1. The van der Waals surface area contributed by atoms with Gasteiger partial charge >= 0.3 is 84.5 Å². The third-order valence-corrected chi connectivity index (χ3v) is 7.32. The molecule has 1 aromatic rings. The van der Waals surface area contributed by atoms with Crippen LogP contribution >= 0.6 is 0 Å². The van der Waals surface area contributed by atoms with E-state index in [-0.39, 0.29) is 0 Å². The van der Waals surface area contributed by atoms with Gasteiger partial charge in [-0.3, -0.25) is 0 Å². The van der Waals surface area contributed by atoms with Crippen LogP contribution < -0.4 is 0 Å². The monoisotopic (exact) mass is 393 g/mol. The molecule has 1 heteroatoms. The van der Waals surface area contributed by atoms with E-state index >= 15 is 0 Å². The van der Waals surface area contributed by atoms with Crippen molar-refractivity contribution in [3.63, 3.8) is 0 Å². The van der Waals surface area contributed by atoms with Gasteiger partial charge in [-0.15, -0.1) is 0 Å². The summed E-state index contributed by atoms with van der Waals surface area (Å²) in [6, 6.07) is 12.0. The Balaban J connectivity index is 0.000000202. The van der Waals surface area contributed by atoms with Gasteiger partial charge in [-0.1, -0.05) is 36.4 Å². The Morgan fingerprint density at radius 1 is 0.765 bits per heavy atom.